The van der Waals surface area contributed by atoms with Crippen molar-refractivity contribution in [3.63, 3.8) is 0 Å². The molecule has 1 aromatic heterocycles. The van der Waals surface area contributed by atoms with Crippen LogP contribution in [-0.2, 0) is 16.5 Å². The van der Waals surface area contributed by atoms with Crippen LogP contribution in [0.2, 0.25) is 0 Å². The van der Waals surface area contributed by atoms with Crippen LogP contribution in [0.3, 0.4) is 0 Å². The van der Waals surface area contributed by atoms with Gasteiger partial charge in [-0.2, -0.15) is 13.2 Å². The molecule has 7 nitrogen and oxygen atoms in total. The van der Waals surface area contributed by atoms with Crippen LogP contribution in [-0.4, -0.2) is 60.2 Å². The molecule has 1 saturated heterocycles. The van der Waals surface area contributed by atoms with Gasteiger partial charge in [0.1, 0.15) is 12.7 Å². The highest BCUT2D eigenvalue weighted by molar-refractivity contribution is 5.94. The fraction of sp³-hybridized carbons (Fsp3) is 0.407. The van der Waals surface area contributed by atoms with Crippen LogP contribution in [0, 0.1) is 6.92 Å². The second-order valence-corrected chi connectivity index (χ2v) is 10.8. The van der Waals surface area contributed by atoms with Crippen molar-refractivity contribution in [3.8, 4) is 0 Å². The summed E-state index contributed by atoms with van der Waals surface area (Å²) in [4.78, 5) is 19.5. The van der Waals surface area contributed by atoms with Gasteiger partial charge in [-0.15, -0.1) is 0 Å². The number of benzene rings is 1. The predicted molar refractivity (Wildman–Crippen MR) is 132 cm³/mol. The second kappa shape index (κ2) is 7.98. The van der Waals surface area contributed by atoms with Crippen molar-refractivity contribution >= 4 is 17.3 Å². The molecule has 2 aromatic rings. The van der Waals surface area contributed by atoms with Gasteiger partial charge in [-0.1, -0.05) is 0 Å². The highest BCUT2D eigenvalue weighted by Gasteiger charge is 2.50. The van der Waals surface area contributed by atoms with E-state index < -0.39 is 17.3 Å². The molecule has 5 heterocycles. The van der Waals surface area contributed by atoms with E-state index in [1.807, 2.05) is 19.1 Å². The molecular weight excluding hydrogens is 483 g/mol. The van der Waals surface area contributed by atoms with Crippen LogP contribution >= 0.6 is 0 Å². The summed E-state index contributed by atoms with van der Waals surface area (Å²) in [6.45, 7) is 4.07. The van der Waals surface area contributed by atoms with Gasteiger partial charge in [-0.05, 0) is 43.3 Å². The van der Waals surface area contributed by atoms with Crippen LogP contribution in [0.5, 0.6) is 0 Å². The summed E-state index contributed by atoms with van der Waals surface area (Å²) in [6, 6.07) is 7.38. The number of likely N-dealkylation sites (tertiary alicyclic amines) is 1. The molecule has 0 radical (unpaired) electrons. The molecule has 1 fully saturated rings. The molecule has 1 unspecified atom stereocenters. The lowest BCUT2D eigenvalue weighted by Gasteiger charge is -2.45. The summed E-state index contributed by atoms with van der Waals surface area (Å²) >= 11 is 0. The highest BCUT2D eigenvalue weighted by Crippen LogP contribution is 2.45. The number of carbonyl (C=O) groups excluding carboxylic acids is 1. The minimum absolute atomic E-state index is 0.276. The standard InChI is InChI=1S/C27H29F3N5O2/c1-16-4-7-19-23(31-16)26(37-25(19)36)10-12-34(13-11-26)22-9-5-17(15-35(22,2)3)24-32-20-8-6-18(27(28,29)30)14-21(20)33-24/h4-9,14,24,32-33H,10-13,15H2,1-3H3/q+1. The minimum atomic E-state index is -4.38. The number of nitrogens with zero attached hydrogens (tertiary/aromatic N) is 3. The average Bonchev–Trinajstić information content (AvgIpc) is 3.37. The lowest BCUT2D eigenvalue weighted by atomic mass is 9.87. The number of carbonyl (C=O) groups is 1. The fourth-order valence-corrected chi connectivity index (χ4v) is 5.93. The van der Waals surface area contributed by atoms with Gasteiger partial charge in [0, 0.05) is 43.3 Å². The number of hydrogen-bond donors (Lipinski definition) is 2. The molecule has 2 N–H and O–H groups in total. The Kier molecular flexibility index (Phi) is 5.14. The van der Waals surface area contributed by atoms with Crippen molar-refractivity contribution < 1.29 is 27.2 Å². The summed E-state index contributed by atoms with van der Waals surface area (Å²) in [6.07, 6.45) is 0.830. The molecule has 0 amide bonds. The Morgan fingerprint density at radius 1 is 1.08 bits per heavy atom. The maximum atomic E-state index is 13.1. The van der Waals surface area contributed by atoms with Crippen molar-refractivity contribution in [2.75, 3.05) is 44.4 Å². The Bertz CT molecular complexity index is 1360. The average molecular weight is 513 g/mol. The molecule has 6 rings (SSSR count). The van der Waals surface area contributed by atoms with Gasteiger partial charge >= 0.3 is 12.1 Å². The Hall–Kier alpha value is -3.53. The quantitative estimate of drug-likeness (QED) is 0.453. The van der Waals surface area contributed by atoms with E-state index in [0.717, 1.165) is 48.0 Å². The summed E-state index contributed by atoms with van der Waals surface area (Å²) in [5.74, 6) is 0.853. The van der Waals surface area contributed by atoms with Gasteiger partial charge in [-0.3, -0.25) is 9.47 Å². The van der Waals surface area contributed by atoms with E-state index in [1.165, 1.54) is 6.07 Å². The number of quaternary nitrogens is 1. The maximum Gasteiger partial charge on any atom is 0.416 e. The first-order valence-corrected chi connectivity index (χ1v) is 12.4. The Morgan fingerprint density at radius 2 is 1.81 bits per heavy atom. The molecular formula is C27H29F3N5O2+. The molecule has 37 heavy (non-hydrogen) atoms. The number of aromatic nitrogens is 1. The molecule has 0 saturated carbocycles. The third-order valence-corrected chi connectivity index (χ3v) is 7.83. The van der Waals surface area contributed by atoms with Crippen molar-refractivity contribution in [3.05, 3.63) is 76.4 Å². The molecule has 1 aromatic carbocycles. The summed E-state index contributed by atoms with van der Waals surface area (Å²) < 4.78 is 45.9. The lowest BCUT2D eigenvalue weighted by Crippen LogP contribution is -2.53. The molecule has 4 aliphatic heterocycles. The van der Waals surface area contributed by atoms with E-state index in [0.29, 0.717) is 40.8 Å². The number of allylic oxidation sites excluding steroid dienone is 2. The number of hydrogen-bond acceptors (Lipinski definition) is 6. The summed E-state index contributed by atoms with van der Waals surface area (Å²) in [5.41, 5.74) is 3.05. The molecule has 0 bridgehead atoms. The van der Waals surface area contributed by atoms with Crippen LogP contribution in [0.1, 0.15) is 40.2 Å². The smallest absolute Gasteiger partial charge is 0.416 e. The van der Waals surface area contributed by atoms with E-state index in [1.54, 1.807) is 0 Å². The van der Waals surface area contributed by atoms with Crippen molar-refractivity contribution in [2.24, 2.45) is 0 Å². The van der Waals surface area contributed by atoms with E-state index in [4.69, 9.17) is 4.74 Å². The SMILES string of the molecule is Cc1ccc2c(n1)C1(CCN(C3=CC=C(C4Nc5ccc(C(F)(F)F)cc5N4)C[N+]3(C)C)CC1)OC2=O. The number of esters is 1. The minimum Gasteiger partial charge on any atom is -0.449 e. The van der Waals surface area contributed by atoms with Crippen molar-refractivity contribution in [2.45, 2.75) is 37.7 Å². The Morgan fingerprint density at radius 3 is 2.51 bits per heavy atom. The number of fused-ring (bicyclic) bond motifs is 3. The van der Waals surface area contributed by atoms with Crippen LogP contribution in [0.15, 0.2) is 53.9 Å². The van der Waals surface area contributed by atoms with E-state index >= 15 is 0 Å². The number of pyridine rings is 1. The number of piperidine rings is 1. The molecule has 194 valence electrons. The van der Waals surface area contributed by atoms with Crippen LogP contribution in [0.4, 0.5) is 24.5 Å². The van der Waals surface area contributed by atoms with E-state index in [9.17, 15) is 18.0 Å². The highest BCUT2D eigenvalue weighted by atomic mass is 19.4. The number of alkyl halides is 3. The first-order chi connectivity index (χ1) is 17.5. The zero-order valence-electron chi connectivity index (χ0n) is 20.9. The zero-order chi connectivity index (χ0) is 26.2. The normalized spacial score (nSPS) is 23.5. The first-order valence-electron chi connectivity index (χ1n) is 12.4. The van der Waals surface area contributed by atoms with Gasteiger partial charge < -0.3 is 20.3 Å². The monoisotopic (exact) mass is 512 g/mol. The number of ether oxygens (including phenoxy) is 1. The third-order valence-electron chi connectivity index (χ3n) is 7.83. The van der Waals surface area contributed by atoms with E-state index in [2.05, 4.69) is 46.8 Å². The van der Waals surface area contributed by atoms with Crippen molar-refractivity contribution in [1.29, 1.82) is 0 Å². The summed E-state index contributed by atoms with van der Waals surface area (Å²) in [7, 11) is 4.26. The lowest BCUT2D eigenvalue weighted by molar-refractivity contribution is -0.857. The zero-order valence-corrected chi connectivity index (χ0v) is 20.9. The summed E-state index contributed by atoms with van der Waals surface area (Å²) in [5, 5.41) is 6.52. The van der Waals surface area contributed by atoms with Crippen LogP contribution in [0.25, 0.3) is 0 Å². The Balaban J connectivity index is 1.19. The fourth-order valence-electron chi connectivity index (χ4n) is 5.93. The molecule has 0 aliphatic carbocycles. The maximum absolute atomic E-state index is 13.1. The van der Waals surface area contributed by atoms with Gasteiger partial charge in [0.25, 0.3) is 0 Å². The van der Waals surface area contributed by atoms with E-state index in [-0.39, 0.29) is 12.1 Å². The molecule has 1 spiro atoms. The molecule has 4 aliphatic rings. The van der Waals surface area contributed by atoms with Gasteiger partial charge in [0.05, 0.1) is 42.3 Å². The number of anilines is 2. The largest absolute Gasteiger partial charge is 0.449 e. The number of rotatable bonds is 2. The molecule has 1 atom stereocenters. The third kappa shape index (κ3) is 3.94. The van der Waals surface area contributed by atoms with Crippen molar-refractivity contribution in [1.82, 2.24) is 9.88 Å². The van der Waals surface area contributed by atoms with Crippen LogP contribution < -0.4 is 10.6 Å². The number of halogens is 3. The number of aryl methyl sites for hydroxylation is 1. The molecule has 10 heteroatoms. The predicted octanol–water partition coefficient (Wildman–Crippen LogP) is 4.59. The number of likely N-dealkylation sites (N-methyl/N-ethyl adjacent to an activating group) is 1. The topological polar surface area (TPSA) is 66.5 Å². The first kappa shape index (κ1) is 23.8. The number of nitrogens with one attached hydrogen (secondary N) is 2. The van der Waals surface area contributed by atoms with Gasteiger partial charge in [-0.25, -0.2) is 4.79 Å². The Labute approximate surface area is 213 Å². The second-order valence-electron chi connectivity index (χ2n) is 10.8. The van der Waals surface area contributed by atoms with Gasteiger partial charge in [0.15, 0.2) is 5.60 Å². The van der Waals surface area contributed by atoms with Gasteiger partial charge in [0.2, 0.25) is 5.82 Å².